The lowest BCUT2D eigenvalue weighted by Crippen LogP contribution is -1.91. The fourth-order valence-corrected chi connectivity index (χ4v) is 3.05. The maximum atomic E-state index is 10.4. The van der Waals surface area contributed by atoms with Crippen molar-refractivity contribution in [1.82, 2.24) is 0 Å². The van der Waals surface area contributed by atoms with Gasteiger partial charge in [-0.05, 0) is 72.3 Å². The third kappa shape index (κ3) is 5.04. The number of isocyanates is 2. The molecular formula is C26H16N2O4. The summed E-state index contributed by atoms with van der Waals surface area (Å²) in [5.74, 6) is 2.48. The number of carbonyl (C=O) groups excluding carboxylic acids is 2. The van der Waals surface area contributed by atoms with Crippen LogP contribution in [-0.4, -0.2) is 12.2 Å². The van der Waals surface area contributed by atoms with Crippen LogP contribution in [0.5, 0.6) is 23.0 Å². The van der Waals surface area contributed by atoms with Gasteiger partial charge in [0.2, 0.25) is 12.2 Å². The number of nitrogens with zero attached hydrogens (tertiary/aromatic N) is 2. The van der Waals surface area contributed by atoms with Crippen LogP contribution in [0.3, 0.4) is 0 Å². The van der Waals surface area contributed by atoms with Crippen molar-refractivity contribution in [2.75, 3.05) is 0 Å². The Kier molecular flexibility index (Phi) is 6.30. The first-order valence-electron chi connectivity index (χ1n) is 9.66. The number of rotatable bonds is 7. The Labute approximate surface area is 184 Å². The highest BCUT2D eigenvalue weighted by atomic mass is 16.5. The zero-order valence-electron chi connectivity index (χ0n) is 16.8. The summed E-state index contributed by atoms with van der Waals surface area (Å²) in [7, 11) is 0. The Balaban J connectivity index is 1.64. The topological polar surface area (TPSA) is 77.3 Å². The van der Waals surface area contributed by atoms with E-state index in [1.54, 1.807) is 48.5 Å². The Morgan fingerprint density at radius 2 is 1.09 bits per heavy atom. The van der Waals surface area contributed by atoms with Crippen molar-refractivity contribution < 1.29 is 19.1 Å². The molecule has 0 saturated carbocycles. The van der Waals surface area contributed by atoms with Gasteiger partial charge in [-0.3, -0.25) is 0 Å². The lowest BCUT2D eigenvalue weighted by Gasteiger charge is -2.14. The molecule has 6 heteroatoms. The fraction of sp³-hybridized carbons (Fsp3) is 0. The van der Waals surface area contributed by atoms with E-state index in [1.165, 1.54) is 12.2 Å². The zero-order valence-corrected chi connectivity index (χ0v) is 16.8. The van der Waals surface area contributed by atoms with Crippen LogP contribution < -0.4 is 9.47 Å². The van der Waals surface area contributed by atoms with Crippen LogP contribution in [0.15, 0.2) is 107 Å². The second-order valence-electron chi connectivity index (χ2n) is 6.62. The minimum atomic E-state index is 0.504. The van der Waals surface area contributed by atoms with Gasteiger partial charge in [0.25, 0.3) is 0 Å². The van der Waals surface area contributed by atoms with E-state index in [2.05, 4.69) is 9.98 Å². The SMILES string of the molecule is O=C=Nc1ccc(Oc2ccc(Oc3ccc(N=C=O)cc3)c(-c3ccccc3)c2)cc1. The van der Waals surface area contributed by atoms with Crippen LogP contribution in [-0.2, 0) is 9.59 Å². The van der Waals surface area contributed by atoms with Crippen LogP contribution in [0.2, 0.25) is 0 Å². The van der Waals surface area contributed by atoms with Crippen LogP contribution >= 0.6 is 0 Å². The Morgan fingerprint density at radius 1 is 0.562 bits per heavy atom. The van der Waals surface area contributed by atoms with Gasteiger partial charge in [-0.1, -0.05) is 30.3 Å². The molecular weight excluding hydrogens is 404 g/mol. The van der Waals surface area contributed by atoms with Gasteiger partial charge in [-0.25, -0.2) is 9.59 Å². The predicted molar refractivity (Wildman–Crippen MR) is 120 cm³/mol. The molecule has 0 atom stereocenters. The Bertz CT molecular complexity index is 1300. The van der Waals surface area contributed by atoms with Crippen LogP contribution in [0.1, 0.15) is 0 Å². The summed E-state index contributed by atoms with van der Waals surface area (Å²) in [6.45, 7) is 0. The van der Waals surface area contributed by atoms with Crippen molar-refractivity contribution in [2.45, 2.75) is 0 Å². The number of benzene rings is 4. The highest BCUT2D eigenvalue weighted by molar-refractivity contribution is 5.72. The summed E-state index contributed by atoms with van der Waals surface area (Å²) in [6.07, 6.45) is 3.03. The van der Waals surface area contributed by atoms with E-state index >= 15 is 0 Å². The standard InChI is InChI=1S/C26H16N2O4/c29-17-27-20-6-10-22(11-7-20)31-24-14-15-26(25(16-24)19-4-2-1-3-5-19)32-23-12-8-21(9-13-23)28-18-30/h1-16H. The molecule has 4 aromatic rings. The maximum Gasteiger partial charge on any atom is 0.240 e. The largest absolute Gasteiger partial charge is 0.457 e. The van der Waals surface area contributed by atoms with Crippen molar-refractivity contribution in [3.05, 3.63) is 97.1 Å². The molecule has 0 aliphatic carbocycles. The van der Waals surface area contributed by atoms with E-state index in [-0.39, 0.29) is 0 Å². The van der Waals surface area contributed by atoms with Crippen molar-refractivity contribution in [1.29, 1.82) is 0 Å². The van der Waals surface area contributed by atoms with E-state index in [4.69, 9.17) is 9.47 Å². The van der Waals surface area contributed by atoms with Gasteiger partial charge < -0.3 is 9.47 Å². The third-order valence-corrected chi connectivity index (χ3v) is 4.52. The molecule has 0 unspecified atom stereocenters. The number of ether oxygens (including phenoxy) is 2. The van der Waals surface area contributed by atoms with Gasteiger partial charge >= 0.3 is 0 Å². The van der Waals surface area contributed by atoms with E-state index in [0.717, 1.165) is 11.1 Å². The smallest absolute Gasteiger partial charge is 0.240 e. The average Bonchev–Trinajstić information content (AvgIpc) is 2.83. The summed E-state index contributed by atoms with van der Waals surface area (Å²) >= 11 is 0. The first-order valence-corrected chi connectivity index (χ1v) is 9.66. The predicted octanol–water partition coefficient (Wildman–Crippen LogP) is 6.87. The molecule has 0 aromatic heterocycles. The minimum Gasteiger partial charge on any atom is -0.457 e. The molecule has 0 aliphatic rings. The monoisotopic (exact) mass is 420 g/mol. The summed E-state index contributed by atoms with van der Waals surface area (Å²) < 4.78 is 12.1. The highest BCUT2D eigenvalue weighted by Crippen LogP contribution is 2.38. The third-order valence-electron chi connectivity index (χ3n) is 4.52. The summed E-state index contributed by atoms with van der Waals surface area (Å²) in [5, 5.41) is 0. The molecule has 0 spiro atoms. The van der Waals surface area contributed by atoms with E-state index in [1.807, 2.05) is 48.5 Å². The van der Waals surface area contributed by atoms with Gasteiger partial charge in [0, 0.05) is 5.56 Å². The molecule has 32 heavy (non-hydrogen) atoms. The van der Waals surface area contributed by atoms with Crippen molar-refractivity contribution >= 4 is 23.5 Å². The van der Waals surface area contributed by atoms with E-state index in [0.29, 0.717) is 34.4 Å². The highest BCUT2D eigenvalue weighted by Gasteiger charge is 2.11. The molecule has 0 saturated heterocycles. The fourth-order valence-electron chi connectivity index (χ4n) is 3.05. The molecule has 0 bridgehead atoms. The Hall–Kier alpha value is -4.76. The summed E-state index contributed by atoms with van der Waals surface area (Å²) in [4.78, 5) is 27.9. The van der Waals surface area contributed by atoms with Gasteiger partial charge in [-0.15, -0.1) is 0 Å². The second kappa shape index (κ2) is 9.83. The van der Waals surface area contributed by atoms with Crippen molar-refractivity contribution in [2.24, 2.45) is 9.98 Å². The summed E-state index contributed by atoms with van der Waals surface area (Å²) in [6, 6.07) is 29.0. The first kappa shape index (κ1) is 20.5. The minimum absolute atomic E-state index is 0.504. The molecule has 0 N–H and O–H groups in total. The second-order valence-corrected chi connectivity index (χ2v) is 6.62. The van der Waals surface area contributed by atoms with Crippen LogP contribution in [0, 0.1) is 0 Å². The van der Waals surface area contributed by atoms with Crippen LogP contribution in [0.25, 0.3) is 11.1 Å². The number of hydrogen-bond acceptors (Lipinski definition) is 6. The lowest BCUT2D eigenvalue weighted by molar-refractivity contribution is 0.471. The van der Waals surface area contributed by atoms with Gasteiger partial charge in [0.05, 0.1) is 11.4 Å². The molecule has 0 radical (unpaired) electrons. The molecule has 4 aromatic carbocycles. The Morgan fingerprint density at radius 3 is 1.66 bits per heavy atom. The lowest BCUT2D eigenvalue weighted by atomic mass is 10.0. The molecule has 0 amide bonds. The molecule has 6 nitrogen and oxygen atoms in total. The van der Waals surface area contributed by atoms with Crippen molar-refractivity contribution in [3.63, 3.8) is 0 Å². The number of hydrogen-bond donors (Lipinski definition) is 0. The normalized spacial score (nSPS) is 9.88. The average molecular weight is 420 g/mol. The van der Waals surface area contributed by atoms with Gasteiger partial charge in [0.15, 0.2) is 0 Å². The quantitative estimate of drug-likeness (QED) is 0.241. The first-order chi connectivity index (χ1) is 15.7. The van der Waals surface area contributed by atoms with Crippen LogP contribution in [0.4, 0.5) is 11.4 Å². The van der Waals surface area contributed by atoms with Crippen molar-refractivity contribution in [3.8, 4) is 34.1 Å². The molecule has 0 aliphatic heterocycles. The molecule has 0 fully saturated rings. The maximum absolute atomic E-state index is 10.4. The molecule has 154 valence electrons. The molecule has 0 heterocycles. The van der Waals surface area contributed by atoms with Gasteiger partial charge in [0.1, 0.15) is 23.0 Å². The van der Waals surface area contributed by atoms with Gasteiger partial charge in [-0.2, -0.15) is 9.98 Å². The van der Waals surface area contributed by atoms with E-state index in [9.17, 15) is 9.59 Å². The summed E-state index contributed by atoms with van der Waals surface area (Å²) in [5.41, 5.74) is 2.82. The zero-order chi connectivity index (χ0) is 22.2. The van der Waals surface area contributed by atoms with E-state index < -0.39 is 0 Å². The number of aliphatic imine (C=N–C) groups is 2. The molecule has 4 rings (SSSR count).